The smallest absolute Gasteiger partial charge is 0.335 e. The Morgan fingerprint density at radius 3 is 2.50 bits per heavy atom. The van der Waals surface area contributed by atoms with E-state index in [4.69, 9.17) is 14.6 Å². The third-order valence-electron chi connectivity index (χ3n) is 4.02. The highest BCUT2D eigenvalue weighted by Gasteiger charge is 2.07. The molecule has 0 spiro atoms. The number of carboxylic acids is 1. The summed E-state index contributed by atoms with van der Waals surface area (Å²) in [5.74, 6) is 0.230. The van der Waals surface area contributed by atoms with Crippen LogP contribution >= 0.6 is 12.6 Å². The Bertz CT molecular complexity index is 1000. The number of aromatic carboxylic acids is 1. The molecule has 142 valence electrons. The van der Waals surface area contributed by atoms with Gasteiger partial charge >= 0.3 is 5.97 Å². The summed E-state index contributed by atoms with van der Waals surface area (Å²) in [5, 5.41) is 8.95. The molecule has 0 atom stereocenters. The summed E-state index contributed by atoms with van der Waals surface area (Å²) in [6.45, 7) is 0.302. The van der Waals surface area contributed by atoms with Crippen LogP contribution in [0, 0.1) is 0 Å². The van der Waals surface area contributed by atoms with E-state index in [2.05, 4.69) is 17.6 Å². The molecule has 0 unspecified atom stereocenters. The van der Waals surface area contributed by atoms with Gasteiger partial charge in [0.15, 0.2) is 11.5 Å². The molecule has 0 amide bonds. The predicted molar refractivity (Wildman–Crippen MR) is 112 cm³/mol. The second kappa shape index (κ2) is 9.10. The van der Waals surface area contributed by atoms with E-state index in [0.717, 1.165) is 21.7 Å². The maximum absolute atomic E-state index is 10.9. The van der Waals surface area contributed by atoms with Gasteiger partial charge in [0.2, 0.25) is 0 Å². The Labute approximate surface area is 168 Å². The van der Waals surface area contributed by atoms with Crippen molar-refractivity contribution in [2.75, 3.05) is 7.11 Å². The van der Waals surface area contributed by atoms with Gasteiger partial charge in [0, 0.05) is 11.1 Å². The molecule has 0 bridgehead atoms. The number of carbonyl (C=O) groups is 1. The van der Waals surface area contributed by atoms with Gasteiger partial charge in [-0.15, -0.1) is 12.6 Å². The Morgan fingerprint density at radius 1 is 1.07 bits per heavy atom. The molecular formula is C22H19NO4S. The number of ether oxygens (including phenoxy) is 2. The molecule has 0 aromatic heterocycles. The molecule has 3 aromatic rings. The quantitative estimate of drug-likeness (QED) is 0.437. The summed E-state index contributed by atoms with van der Waals surface area (Å²) in [6, 6.07) is 19.7. The molecule has 28 heavy (non-hydrogen) atoms. The van der Waals surface area contributed by atoms with Crippen LogP contribution in [-0.4, -0.2) is 24.4 Å². The first-order valence-electron chi connectivity index (χ1n) is 8.52. The first-order valence-corrected chi connectivity index (χ1v) is 8.96. The van der Waals surface area contributed by atoms with Crippen molar-refractivity contribution in [3.63, 3.8) is 0 Å². The lowest BCUT2D eigenvalue weighted by atomic mass is 10.1. The average Bonchev–Trinajstić information content (AvgIpc) is 2.72. The Hall–Kier alpha value is -3.25. The van der Waals surface area contributed by atoms with Gasteiger partial charge in [-0.1, -0.05) is 24.3 Å². The van der Waals surface area contributed by atoms with Crippen LogP contribution in [0.25, 0.3) is 0 Å². The predicted octanol–water partition coefficient (Wildman–Crippen LogP) is 5.01. The van der Waals surface area contributed by atoms with Crippen LogP contribution < -0.4 is 9.47 Å². The van der Waals surface area contributed by atoms with Gasteiger partial charge in [-0.2, -0.15) is 0 Å². The minimum absolute atomic E-state index is 0.243. The van der Waals surface area contributed by atoms with E-state index in [1.165, 1.54) is 0 Å². The Balaban J connectivity index is 1.70. The lowest BCUT2D eigenvalue weighted by Crippen LogP contribution is -2.00. The molecule has 1 N–H and O–H groups in total. The average molecular weight is 393 g/mol. The number of aliphatic imine (C=N–C) groups is 1. The van der Waals surface area contributed by atoms with E-state index < -0.39 is 5.97 Å². The maximum atomic E-state index is 10.9. The van der Waals surface area contributed by atoms with Gasteiger partial charge in [-0.05, 0) is 53.6 Å². The normalized spacial score (nSPS) is 10.8. The zero-order valence-electron chi connectivity index (χ0n) is 15.2. The SMILES string of the molecule is COc1cc(C=Nc2ccccc2S)ccc1OCc1ccc(C(=O)O)cc1. The lowest BCUT2D eigenvalue weighted by molar-refractivity contribution is 0.0697. The molecular weight excluding hydrogens is 374 g/mol. The van der Waals surface area contributed by atoms with Crippen molar-refractivity contribution in [2.24, 2.45) is 4.99 Å². The first-order chi connectivity index (χ1) is 13.6. The van der Waals surface area contributed by atoms with E-state index in [1.807, 2.05) is 42.5 Å². The third kappa shape index (κ3) is 4.92. The number of methoxy groups -OCH3 is 1. The van der Waals surface area contributed by atoms with Crippen LogP contribution in [-0.2, 0) is 6.61 Å². The standard InChI is InChI=1S/C22H19NO4S/c1-26-20-12-16(13-23-18-4-2-3-5-21(18)28)8-11-19(20)27-14-15-6-9-17(10-7-15)22(24)25/h2-13,28H,14H2,1H3,(H,24,25). The molecule has 0 fully saturated rings. The van der Waals surface area contributed by atoms with Crippen LogP contribution in [0.4, 0.5) is 5.69 Å². The van der Waals surface area contributed by atoms with Crippen molar-refractivity contribution in [1.82, 2.24) is 0 Å². The molecule has 0 saturated heterocycles. The minimum Gasteiger partial charge on any atom is -0.493 e. The molecule has 3 aromatic carbocycles. The number of thiol groups is 1. The number of nitrogens with zero attached hydrogens (tertiary/aromatic N) is 1. The number of rotatable bonds is 7. The second-order valence-electron chi connectivity index (χ2n) is 5.95. The van der Waals surface area contributed by atoms with Crippen LogP contribution in [0.5, 0.6) is 11.5 Å². The Kier molecular flexibility index (Phi) is 6.34. The van der Waals surface area contributed by atoms with E-state index in [1.54, 1.807) is 37.6 Å². The van der Waals surface area contributed by atoms with Gasteiger partial charge in [-0.3, -0.25) is 4.99 Å². The van der Waals surface area contributed by atoms with Gasteiger partial charge in [0.1, 0.15) is 6.61 Å². The van der Waals surface area contributed by atoms with Gasteiger partial charge in [0.05, 0.1) is 18.4 Å². The van der Waals surface area contributed by atoms with Crippen LogP contribution in [0.2, 0.25) is 0 Å². The van der Waals surface area contributed by atoms with Crippen LogP contribution in [0.15, 0.2) is 76.6 Å². The molecule has 0 aliphatic carbocycles. The molecule has 0 radical (unpaired) electrons. The highest BCUT2D eigenvalue weighted by Crippen LogP contribution is 2.29. The Morgan fingerprint density at radius 2 is 1.82 bits per heavy atom. The number of benzene rings is 3. The van der Waals surface area contributed by atoms with Gasteiger partial charge < -0.3 is 14.6 Å². The summed E-state index contributed by atoms with van der Waals surface area (Å²) < 4.78 is 11.2. The lowest BCUT2D eigenvalue weighted by Gasteiger charge is -2.11. The van der Waals surface area contributed by atoms with Crippen molar-refractivity contribution in [1.29, 1.82) is 0 Å². The van der Waals surface area contributed by atoms with E-state index in [-0.39, 0.29) is 5.56 Å². The number of para-hydroxylation sites is 1. The van der Waals surface area contributed by atoms with Crippen LogP contribution in [0.3, 0.4) is 0 Å². The molecule has 0 aliphatic rings. The summed E-state index contributed by atoms with van der Waals surface area (Å²) in [5.41, 5.74) is 2.76. The fourth-order valence-electron chi connectivity index (χ4n) is 2.51. The number of hydrogen-bond acceptors (Lipinski definition) is 5. The molecule has 0 saturated carbocycles. The third-order valence-corrected chi connectivity index (χ3v) is 4.40. The molecule has 5 nitrogen and oxygen atoms in total. The van der Waals surface area contributed by atoms with Gasteiger partial charge in [-0.25, -0.2) is 4.79 Å². The van der Waals surface area contributed by atoms with Crippen LogP contribution in [0.1, 0.15) is 21.5 Å². The fourth-order valence-corrected chi connectivity index (χ4v) is 2.72. The van der Waals surface area contributed by atoms with E-state index >= 15 is 0 Å². The van der Waals surface area contributed by atoms with E-state index in [9.17, 15) is 4.79 Å². The van der Waals surface area contributed by atoms with E-state index in [0.29, 0.717) is 18.1 Å². The minimum atomic E-state index is -0.952. The maximum Gasteiger partial charge on any atom is 0.335 e. The van der Waals surface area contributed by atoms with Crippen molar-refractivity contribution in [3.8, 4) is 11.5 Å². The summed E-state index contributed by atoms with van der Waals surface area (Å²) in [7, 11) is 1.58. The number of carboxylic acid groups (broad SMARTS) is 1. The fraction of sp³-hybridized carbons (Fsp3) is 0.0909. The molecule has 3 rings (SSSR count). The first kappa shape index (κ1) is 19.5. The molecule has 0 aliphatic heterocycles. The van der Waals surface area contributed by atoms with Crippen molar-refractivity contribution in [2.45, 2.75) is 11.5 Å². The monoisotopic (exact) mass is 393 g/mol. The second-order valence-corrected chi connectivity index (χ2v) is 6.43. The summed E-state index contributed by atoms with van der Waals surface area (Å²) >= 11 is 4.39. The zero-order chi connectivity index (χ0) is 19.9. The van der Waals surface area contributed by atoms with Gasteiger partial charge in [0.25, 0.3) is 0 Å². The van der Waals surface area contributed by atoms with Crippen molar-refractivity contribution in [3.05, 3.63) is 83.4 Å². The summed E-state index contributed by atoms with van der Waals surface area (Å²) in [4.78, 5) is 16.2. The topological polar surface area (TPSA) is 68.1 Å². The van der Waals surface area contributed by atoms with Crippen molar-refractivity contribution >= 4 is 30.5 Å². The number of hydrogen-bond donors (Lipinski definition) is 2. The highest BCUT2D eigenvalue weighted by molar-refractivity contribution is 7.80. The van der Waals surface area contributed by atoms with Crippen molar-refractivity contribution < 1.29 is 19.4 Å². The molecule has 6 heteroatoms. The highest BCUT2D eigenvalue weighted by atomic mass is 32.1. The molecule has 0 heterocycles. The summed E-state index contributed by atoms with van der Waals surface area (Å²) in [6.07, 6.45) is 1.74. The largest absolute Gasteiger partial charge is 0.493 e. The zero-order valence-corrected chi connectivity index (χ0v) is 16.1.